The Hall–Kier alpha value is -4.15. The molecule has 12 heteroatoms. The van der Waals surface area contributed by atoms with Gasteiger partial charge in [-0.15, -0.1) is 0 Å². The number of benzene rings is 3. The number of likely N-dealkylation sites (tertiary alicyclic amines) is 1. The maximum Gasteiger partial charge on any atom is 0.303 e. The Kier molecular flexibility index (Phi) is 11.8. The Balaban J connectivity index is 1.29. The summed E-state index contributed by atoms with van der Waals surface area (Å²) in [5.74, 6) is -2.96. The lowest BCUT2D eigenvalue weighted by molar-refractivity contribution is -0.138. The minimum atomic E-state index is -1.13. The van der Waals surface area contributed by atoms with Gasteiger partial charge in [-0.1, -0.05) is 72.4 Å². The van der Waals surface area contributed by atoms with Gasteiger partial charge in [0.25, 0.3) is 5.91 Å². The first-order chi connectivity index (χ1) is 23.4. The average Bonchev–Trinajstić information content (AvgIpc) is 3.54. The van der Waals surface area contributed by atoms with Gasteiger partial charge in [-0.3, -0.25) is 24.0 Å². The standard InChI is InChI=1S/C37H42Cl2N4O6/c1-42(31-10-6-8-24-7-2-3-9-28(24)31)35(48)29(12-14-33(45)46)40-32(44)13-11-30(41-34(47)25-21-26(38)23-27(39)22-25)36(49)43-19-17-37(18-20-43)15-4-5-16-37/h2-3,6-10,21-23,29-30H,4-5,11-20H2,1H3,(H,40,44)(H,41,47)(H,45,46)/t29-,30+/m0/s1. The topological polar surface area (TPSA) is 136 Å². The lowest BCUT2D eigenvalue weighted by atomic mass is 9.77. The number of rotatable bonds is 12. The van der Waals surface area contributed by atoms with E-state index in [1.165, 1.54) is 48.8 Å². The molecule has 49 heavy (non-hydrogen) atoms. The molecule has 1 aliphatic heterocycles. The van der Waals surface area contributed by atoms with E-state index in [4.69, 9.17) is 23.2 Å². The number of hydrogen-bond acceptors (Lipinski definition) is 5. The summed E-state index contributed by atoms with van der Waals surface area (Å²) in [5.41, 5.74) is 1.08. The molecule has 5 rings (SSSR count). The van der Waals surface area contributed by atoms with Crippen LogP contribution in [-0.4, -0.2) is 71.8 Å². The summed E-state index contributed by atoms with van der Waals surface area (Å²) < 4.78 is 0. The zero-order valence-electron chi connectivity index (χ0n) is 27.6. The van der Waals surface area contributed by atoms with E-state index >= 15 is 0 Å². The maximum absolute atomic E-state index is 13.9. The van der Waals surface area contributed by atoms with Crippen LogP contribution in [0.1, 0.15) is 74.6 Å². The highest BCUT2D eigenvalue weighted by Gasteiger charge is 2.39. The SMILES string of the molecule is CN(C(=O)[C@H](CCC(=O)O)NC(=O)CC[C@@H](NC(=O)c1cc(Cl)cc(Cl)c1)C(=O)N1CCC2(CCCC2)CC1)c1cccc2ccccc12. The molecular weight excluding hydrogens is 667 g/mol. The van der Waals surface area contributed by atoms with Crippen molar-refractivity contribution in [3.05, 3.63) is 76.3 Å². The second kappa shape index (κ2) is 16.0. The van der Waals surface area contributed by atoms with Crippen LogP contribution in [0.15, 0.2) is 60.7 Å². The van der Waals surface area contributed by atoms with Crippen molar-refractivity contribution >= 4 is 69.3 Å². The van der Waals surface area contributed by atoms with Crippen molar-refractivity contribution in [1.82, 2.24) is 15.5 Å². The minimum Gasteiger partial charge on any atom is -0.481 e. The summed E-state index contributed by atoms with van der Waals surface area (Å²) in [6, 6.07) is 15.4. The van der Waals surface area contributed by atoms with Crippen LogP contribution in [0, 0.1) is 5.41 Å². The molecule has 2 atom stereocenters. The van der Waals surface area contributed by atoms with Crippen LogP contribution in [0.2, 0.25) is 10.0 Å². The van der Waals surface area contributed by atoms with Gasteiger partial charge in [-0.25, -0.2) is 0 Å². The third-order valence-corrected chi connectivity index (χ3v) is 10.4. The first-order valence-corrected chi connectivity index (χ1v) is 17.5. The van der Waals surface area contributed by atoms with E-state index in [9.17, 15) is 29.1 Å². The number of fused-ring (bicyclic) bond motifs is 1. The number of halogens is 2. The number of amides is 4. The fraction of sp³-hybridized carbons (Fsp3) is 0.432. The van der Waals surface area contributed by atoms with Crippen LogP contribution in [-0.2, 0) is 19.2 Å². The van der Waals surface area contributed by atoms with Crippen molar-refractivity contribution in [2.45, 2.75) is 76.3 Å². The molecule has 1 saturated carbocycles. The van der Waals surface area contributed by atoms with Gasteiger partial charge in [0.05, 0.1) is 5.69 Å². The smallest absolute Gasteiger partial charge is 0.303 e. The molecule has 260 valence electrons. The Morgan fingerprint density at radius 1 is 0.837 bits per heavy atom. The third-order valence-electron chi connectivity index (χ3n) is 9.93. The summed E-state index contributed by atoms with van der Waals surface area (Å²) in [5, 5.41) is 17.2. The fourth-order valence-corrected chi connectivity index (χ4v) is 7.68. The van der Waals surface area contributed by atoms with Gasteiger partial charge < -0.3 is 25.5 Å². The number of nitrogens with one attached hydrogen (secondary N) is 2. The van der Waals surface area contributed by atoms with Gasteiger partial charge in [-0.05, 0) is 73.6 Å². The molecule has 2 fully saturated rings. The molecule has 0 unspecified atom stereocenters. The number of piperidine rings is 1. The highest BCUT2D eigenvalue weighted by molar-refractivity contribution is 6.35. The molecule has 3 aromatic rings. The monoisotopic (exact) mass is 708 g/mol. The Labute approximate surface area is 296 Å². The predicted molar refractivity (Wildman–Crippen MR) is 190 cm³/mol. The summed E-state index contributed by atoms with van der Waals surface area (Å²) in [6.45, 7) is 1.15. The molecule has 4 amide bonds. The van der Waals surface area contributed by atoms with Crippen LogP contribution in [0.25, 0.3) is 10.8 Å². The summed E-state index contributed by atoms with van der Waals surface area (Å²) in [4.78, 5) is 69.0. The lowest BCUT2D eigenvalue weighted by Gasteiger charge is -2.40. The molecule has 1 spiro atoms. The van der Waals surface area contributed by atoms with Gasteiger partial charge in [-0.2, -0.15) is 0 Å². The summed E-state index contributed by atoms with van der Waals surface area (Å²) in [6.07, 6.45) is 5.86. The first kappa shape index (κ1) is 36.1. The van der Waals surface area contributed by atoms with Crippen LogP contribution in [0.5, 0.6) is 0 Å². The van der Waals surface area contributed by atoms with Crippen LogP contribution in [0.4, 0.5) is 5.69 Å². The minimum absolute atomic E-state index is 0.0364. The number of carboxylic acids is 1. The van der Waals surface area contributed by atoms with Gasteiger partial charge in [0.15, 0.2) is 0 Å². The number of carbonyl (C=O) groups excluding carboxylic acids is 4. The number of hydrogen-bond donors (Lipinski definition) is 3. The lowest BCUT2D eigenvalue weighted by Crippen LogP contribution is -2.52. The number of likely N-dealkylation sites (N-methyl/N-ethyl adjacent to an activating group) is 1. The van der Waals surface area contributed by atoms with E-state index in [1.54, 1.807) is 18.0 Å². The van der Waals surface area contributed by atoms with E-state index in [0.29, 0.717) is 18.8 Å². The normalized spacial score (nSPS) is 16.6. The zero-order valence-corrected chi connectivity index (χ0v) is 29.1. The van der Waals surface area contributed by atoms with Gasteiger partial charge in [0.1, 0.15) is 12.1 Å². The van der Waals surface area contributed by atoms with E-state index < -0.39 is 35.8 Å². The van der Waals surface area contributed by atoms with Gasteiger partial charge in [0.2, 0.25) is 17.7 Å². The second-order valence-corrected chi connectivity index (χ2v) is 14.1. The molecule has 1 aliphatic carbocycles. The Bertz CT molecular complexity index is 1690. The molecular formula is C37H42Cl2N4O6. The molecule has 0 aromatic heterocycles. The van der Waals surface area contributed by atoms with E-state index in [0.717, 1.165) is 23.6 Å². The highest BCUT2D eigenvalue weighted by Crippen LogP contribution is 2.46. The molecule has 1 heterocycles. The van der Waals surface area contributed by atoms with Crippen molar-refractivity contribution < 1.29 is 29.1 Å². The van der Waals surface area contributed by atoms with Crippen LogP contribution >= 0.6 is 23.2 Å². The highest BCUT2D eigenvalue weighted by atomic mass is 35.5. The third kappa shape index (κ3) is 9.10. The van der Waals surface area contributed by atoms with Crippen molar-refractivity contribution in [3.8, 4) is 0 Å². The van der Waals surface area contributed by atoms with E-state index in [1.807, 2.05) is 36.4 Å². The summed E-state index contributed by atoms with van der Waals surface area (Å²) in [7, 11) is 1.59. The Morgan fingerprint density at radius 2 is 1.47 bits per heavy atom. The number of nitrogens with zero attached hydrogens (tertiary/aromatic N) is 2. The van der Waals surface area contributed by atoms with Crippen LogP contribution < -0.4 is 15.5 Å². The predicted octanol–water partition coefficient (Wildman–Crippen LogP) is 6.22. The second-order valence-electron chi connectivity index (χ2n) is 13.2. The molecule has 3 aromatic carbocycles. The number of aliphatic carboxylic acids is 1. The molecule has 2 aliphatic rings. The van der Waals surface area contributed by atoms with Gasteiger partial charge >= 0.3 is 5.97 Å². The van der Waals surface area contributed by atoms with Gasteiger partial charge in [0, 0.05) is 54.0 Å². The fourth-order valence-electron chi connectivity index (χ4n) is 7.15. The first-order valence-electron chi connectivity index (χ1n) is 16.8. The number of anilines is 1. The molecule has 10 nitrogen and oxygen atoms in total. The molecule has 1 saturated heterocycles. The Morgan fingerprint density at radius 3 is 2.14 bits per heavy atom. The van der Waals surface area contributed by atoms with E-state index in [-0.39, 0.29) is 52.6 Å². The van der Waals surface area contributed by atoms with Crippen molar-refractivity contribution in [3.63, 3.8) is 0 Å². The van der Waals surface area contributed by atoms with Crippen molar-refractivity contribution in [2.75, 3.05) is 25.0 Å². The average molecular weight is 710 g/mol. The number of carbonyl (C=O) groups is 5. The summed E-state index contributed by atoms with van der Waals surface area (Å²) >= 11 is 12.3. The maximum atomic E-state index is 13.9. The molecule has 3 N–H and O–H groups in total. The van der Waals surface area contributed by atoms with Crippen molar-refractivity contribution in [2.24, 2.45) is 5.41 Å². The molecule has 0 bridgehead atoms. The quantitative estimate of drug-likeness (QED) is 0.204. The largest absolute Gasteiger partial charge is 0.481 e. The zero-order chi connectivity index (χ0) is 35.1. The van der Waals surface area contributed by atoms with Crippen molar-refractivity contribution in [1.29, 1.82) is 0 Å². The van der Waals surface area contributed by atoms with E-state index in [2.05, 4.69) is 10.6 Å². The number of carboxylic acid groups (broad SMARTS) is 1. The van der Waals surface area contributed by atoms with Crippen LogP contribution in [0.3, 0.4) is 0 Å². The molecule has 0 radical (unpaired) electrons.